The van der Waals surface area contributed by atoms with Gasteiger partial charge >= 0.3 is 6.18 Å². The number of pyridine rings is 1. The molecule has 7 nitrogen and oxygen atoms in total. The Balaban J connectivity index is 1.28. The normalized spacial score (nSPS) is 14.7. The van der Waals surface area contributed by atoms with E-state index in [0.717, 1.165) is 50.4 Å². The lowest BCUT2D eigenvalue weighted by Crippen LogP contribution is -2.43. The number of piperazine rings is 1. The molecule has 0 unspecified atom stereocenters. The summed E-state index contributed by atoms with van der Waals surface area (Å²) in [5, 5.41) is 9.87. The van der Waals surface area contributed by atoms with Crippen LogP contribution in [0.1, 0.15) is 38.3 Å². The Morgan fingerprint density at radius 3 is 2.59 bits per heavy atom. The Bertz CT molecular complexity index is 1580. The fourth-order valence-electron chi connectivity index (χ4n) is 4.45. The number of aromatic nitrogens is 3. The second-order valence-corrected chi connectivity index (χ2v) is 9.72. The SMILES string of the molecule is Cc1cc(NC(=O)c2cncc(C#Cc3[nH]nc4ccc(C(F)(F)F)cc34)c2)ccc1CN1CCN(C)CC1. The summed E-state index contributed by atoms with van der Waals surface area (Å²) < 4.78 is 39.3. The van der Waals surface area contributed by atoms with E-state index >= 15 is 0 Å². The highest BCUT2D eigenvalue weighted by molar-refractivity contribution is 6.04. The number of nitrogens with one attached hydrogen (secondary N) is 2. The molecule has 10 heteroatoms. The van der Waals surface area contributed by atoms with E-state index in [0.29, 0.717) is 22.3 Å². The third kappa shape index (κ3) is 6.28. The van der Waals surface area contributed by atoms with Crippen LogP contribution in [0.4, 0.5) is 18.9 Å². The van der Waals surface area contributed by atoms with Crippen molar-refractivity contribution in [2.75, 3.05) is 38.5 Å². The van der Waals surface area contributed by atoms with E-state index < -0.39 is 11.7 Å². The van der Waals surface area contributed by atoms with Crippen molar-refractivity contribution in [3.05, 3.63) is 88.4 Å². The summed E-state index contributed by atoms with van der Waals surface area (Å²) in [5.74, 6) is 5.34. The van der Waals surface area contributed by atoms with Crippen molar-refractivity contribution in [1.82, 2.24) is 25.0 Å². The van der Waals surface area contributed by atoms with Crippen LogP contribution in [0.3, 0.4) is 0 Å². The summed E-state index contributed by atoms with van der Waals surface area (Å²) in [6, 6.07) is 10.8. The average Bonchev–Trinajstić information content (AvgIpc) is 3.32. The first-order valence-corrected chi connectivity index (χ1v) is 12.5. The topological polar surface area (TPSA) is 77.1 Å². The summed E-state index contributed by atoms with van der Waals surface area (Å²) >= 11 is 0. The van der Waals surface area contributed by atoms with Gasteiger partial charge in [0, 0.05) is 61.8 Å². The summed E-state index contributed by atoms with van der Waals surface area (Å²) in [4.78, 5) is 21.8. The Kier molecular flexibility index (Phi) is 7.37. The maximum Gasteiger partial charge on any atom is 0.416 e. The lowest BCUT2D eigenvalue weighted by Gasteiger charge is -2.32. The number of aromatic amines is 1. The number of H-pyrrole nitrogens is 1. The third-order valence-electron chi connectivity index (χ3n) is 6.80. The zero-order valence-corrected chi connectivity index (χ0v) is 21.6. The molecule has 1 aliphatic heterocycles. The first-order valence-electron chi connectivity index (χ1n) is 12.5. The van der Waals surface area contributed by atoms with Crippen LogP contribution >= 0.6 is 0 Å². The fraction of sp³-hybridized carbons (Fsp3) is 0.276. The number of aryl methyl sites for hydroxylation is 1. The zero-order chi connectivity index (χ0) is 27.6. The van der Waals surface area contributed by atoms with E-state index in [4.69, 9.17) is 0 Å². The highest BCUT2D eigenvalue weighted by Crippen LogP contribution is 2.31. The van der Waals surface area contributed by atoms with Gasteiger partial charge in [-0.25, -0.2) is 0 Å². The Morgan fingerprint density at radius 2 is 1.85 bits per heavy atom. The monoisotopic (exact) mass is 532 g/mol. The summed E-state index contributed by atoms with van der Waals surface area (Å²) in [6.07, 6.45) is -1.54. The van der Waals surface area contributed by atoms with Crippen molar-refractivity contribution in [3.63, 3.8) is 0 Å². The minimum Gasteiger partial charge on any atom is -0.322 e. The summed E-state index contributed by atoms with van der Waals surface area (Å²) in [7, 11) is 2.13. The van der Waals surface area contributed by atoms with Crippen molar-refractivity contribution in [3.8, 4) is 11.8 Å². The van der Waals surface area contributed by atoms with Crippen LogP contribution in [0, 0.1) is 18.8 Å². The van der Waals surface area contributed by atoms with E-state index in [1.165, 1.54) is 24.0 Å². The number of amides is 1. The van der Waals surface area contributed by atoms with Gasteiger partial charge in [-0.2, -0.15) is 18.3 Å². The van der Waals surface area contributed by atoms with Crippen LogP contribution in [0.15, 0.2) is 54.9 Å². The number of hydrogen-bond donors (Lipinski definition) is 2. The molecule has 2 aromatic heterocycles. The van der Waals surface area contributed by atoms with Crippen molar-refractivity contribution in [2.45, 2.75) is 19.6 Å². The summed E-state index contributed by atoms with van der Waals surface area (Å²) in [5.41, 5.74) is 3.62. The van der Waals surface area contributed by atoms with Crippen LogP contribution in [0.2, 0.25) is 0 Å². The van der Waals surface area contributed by atoms with Crippen LogP contribution in [0.5, 0.6) is 0 Å². The molecule has 0 bridgehead atoms. The number of hydrogen-bond acceptors (Lipinski definition) is 5. The minimum absolute atomic E-state index is 0.248. The molecule has 3 heterocycles. The van der Waals surface area contributed by atoms with Crippen LogP contribution in [-0.4, -0.2) is 64.1 Å². The van der Waals surface area contributed by atoms with E-state index in [1.807, 2.05) is 25.1 Å². The fourth-order valence-corrected chi connectivity index (χ4v) is 4.45. The highest BCUT2D eigenvalue weighted by atomic mass is 19.4. The standard InChI is InChI=1S/C29H27F3N6O/c1-19-13-24(6-4-21(19)18-38-11-9-37(2)10-12-38)34-28(39)22-14-20(16-33-17-22)3-7-26-25-15-23(29(30,31)32)5-8-27(25)36-35-26/h4-6,8,13-17H,9-12,18H2,1-2H3,(H,34,39)(H,35,36). The quantitative estimate of drug-likeness (QED) is 0.373. The first-order chi connectivity index (χ1) is 18.7. The van der Waals surface area contributed by atoms with Crippen molar-refractivity contribution in [1.29, 1.82) is 0 Å². The number of benzene rings is 2. The number of halogens is 3. The van der Waals surface area contributed by atoms with Gasteiger partial charge in [-0.1, -0.05) is 12.0 Å². The van der Waals surface area contributed by atoms with Crippen molar-refractivity contribution in [2.24, 2.45) is 0 Å². The summed E-state index contributed by atoms with van der Waals surface area (Å²) in [6.45, 7) is 7.10. The molecule has 1 aliphatic rings. The highest BCUT2D eigenvalue weighted by Gasteiger charge is 2.30. The van der Waals surface area contributed by atoms with Crippen LogP contribution in [-0.2, 0) is 12.7 Å². The Labute approximate surface area is 224 Å². The number of alkyl halides is 3. The molecule has 2 N–H and O–H groups in total. The lowest BCUT2D eigenvalue weighted by atomic mass is 10.1. The molecule has 39 heavy (non-hydrogen) atoms. The van der Waals surface area contributed by atoms with E-state index in [2.05, 4.69) is 49.2 Å². The molecule has 1 saturated heterocycles. The smallest absolute Gasteiger partial charge is 0.322 e. The number of carbonyl (C=O) groups is 1. The van der Waals surface area contributed by atoms with Crippen molar-refractivity contribution >= 4 is 22.5 Å². The lowest BCUT2D eigenvalue weighted by molar-refractivity contribution is -0.137. The number of likely N-dealkylation sites (N-methyl/N-ethyl adjacent to an activating group) is 1. The second kappa shape index (κ2) is 10.9. The van der Waals surface area contributed by atoms with Gasteiger partial charge in [-0.05, 0) is 67.4 Å². The average molecular weight is 533 g/mol. The van der Waals surface area contributed by atoms with Gasteiger partial charge in [-0.3, -0.25) is 19.8 Å². The van der Waals surface area contributed by atoms with Crippen LogP contribution < -0.4 is 5.32 Å². The van der Waals surface area contributed by atoms with Gasteiger partial charge in [0.05, 0.1) is 16.6 Å². The maximum atomic E-state index is 13.1. The molecule has 1 amide bonds. The molecule has 5 rings (SSSR count). The molecule has 0 spiro atoms. The molecule has 0 aliphatic carbocycles. The molecule has 0 atom stereocenters. The Morgan fingerprint density at radius 1 is 1.05 bits per heavy atom. The van der Waals surface area contributed by atoms with Gasteiger partial charge in [0.25, 0.3) is 5.91 Å². The maximum absolute atomic E-state index is 13.1. The van der Waals surface area contributed by atoms with Gasteiger partial charge < -0.3 is 10.2 Å². The number of rotatable bonds is 4. The molecule has 200 valence electrons. The largest absolute Gasteiger partial charge is 0.416 e. The number of nitrogens with zero attached hydrogens (tertiary/aromatic N) is 4. The minimum atomic E-state index is -4.47. The Hall–Kier alpha value is -4.20. The predicted molar refractivity (Wildman–Crippen MR) is 143 cm³/mol. The zero-order valence-electron chi connectivity index (χ0n) is 21.6. The number of fused-ring (bicyclic) bond motifs is 1. The van der Waals surface area contributed by atoms with Gasteiger partial charge in [-0.15, -0.1) is 0 Å². The van der Waals surface area contributed by atoms with E-state index in [9.17, 15) is 18.0 Å². The van der Waals surface area contributed by atoms with Gasteiger partial charge in [0.15, 0.2) is 0 Å². The third-order valence-corrected chi connectivity index (χ3v) is 6.80. The molecular weight excluding hydrogens is 505 g/mol. The molecule has 0 radical (unpaired) electrons. The van der Waals surface area contributed by atoms with E-state index in [1.54, 1.807) is 6.07 Å². The molecule has 4 aromatic rings. The van der Waals surface area contributed by atoms with Crippen LogP contribution in [0.25, 0.3) is 10.9 Å². The second-order valence-electron chi connectivity index (χ2n) is 9.72. The molecule has 0 saturated carbocycles. The molecule has 1 fully saturated rings. The van der Waals surface area contributed by atoms with Gasteiger partial charge in [0.2, 0.25) is 0 Å². The molecule has 2 aromatic carbocycles. The first kappa shape index (κ1) is 26.4. The van der Waals surface area contributed by atoms with E-state index in [-0.39, 0.29) is 17.0 Å². The number of anilines is 1. The van der Waals surface area contributed by atoms with Gasteiger partial charge in [0.1, 0.15) is 5.69 Å². The number of carbonyl (C=O) groups excluding carboxylic acids is 1. The van der Waals surface area contributed by atoms with Crippen molar-refractivity contribution < 1.29 is 18.0 Å². The predicted octanol–water partition coefficient (Wildman–Crippen LogP) is 4.68. The molecular formula is C29H27F3N6O.